The third kappa shape index (κ3) is 6.72. The highest BCUT2D eigenvalue weighted by molar-refractivity contribution is 7.17. The molecular weight excluding hydrogens is 476 g/mol. The summed E-state index contributed by atoms with van der Waals surface area (Å²) < 4.78 is 28.3. The SMILES string of the molecule is C[C@H]1CCCN1C(=O)c1nc(C(=O)NCC(C)(C)O)sc1-c1cnc(NC(C)(C)C)cc1C(F)F. The number of rotatable bonds is 7. The molecule has 35 heavy (non-hydrogen) atoms. The van der Waals surface area contributed by atoms with Crippen LogP contribution in [-0.4, -0.2) is 62.1 Å². The lowest BCUT2D eigenvalue weighted by Crippen LogP contribution is -2.38. The maximum Gasteiger partial charge on any atom is 0.280 e. The van der Waals surface area contributed by atoms with Crippen molar-refractivity contribution in [3.8, 4) is 10.4 Å². The van der Waals surface area contributed by atoms with Gasteiger partial charge in [0.05, 0.1) is 10.5 Å². The monoisotopic (exact) mass is 509 g/mol. The molecule has 1 atom stereocenters. The molecule has 0 saturated carbocycles. The first-order chi connectivity index (χ1) is 16.2. The maximum atomic E-state index is 14.2. The van der Waals surface area contributed by atoms with E-state index in [-0.39, 0.29) is 45.1 Å². The number of nitrogens with one attached hydrogen (secondary N) is 2. The largest absolute Gasteiger partial charge is 0.389 e. The highest BCUT2D eigenvalue weighted by atomic mass is 32.1. The van der Waals surface area contributed by atoms with Gasteiger partial charge in [0, 0.05) is 42.0 Å². The quantitative estimate of drug-likeness (QED) is 0.508. The van der Waals surface area contributed by atoms with Gasteiger partial charge >= 0.3 is 0 Å². The number of pyridine rings is 1. The summed E-state index contributed by atoms with van der Waals surface area (Å²) >= 11 is 0.864. The van der Waals surface area contributed by atoms with Crippen LogP contribution in [-0.2, 0) is 0 Å². The van der Waals surface area contributed by atoms with Crippen molar-refractivity contribution in [1.29, 1.82) is 0 Å². The molecule has 2 aromatic rings. The number of carbonyl (C=O) groups is 2. The van der Waals surface area contributed by atoms with Crippen LogP contribution in [0.25, 0.3) is 10.4 Å². The van der Waals surface area contributed by atoms with E-state index in [2.05, 4.69) is 20.6 Å². The Kier molecular flexibility index (Phi) is 7.80. The molecule has 0 unspecified atom stereocenters. The number of aromatic nitrogens is 2. The Labute approximate surface area is 208 Å². The number of hydrogen-bond donors (Lipinski definition) is 3. The number of hydrogen-bond acceptors (Lipinski definition) is 7. The molecule has 192 valence electrons. The van der Waals surface area contributed by atoms with Crippen LogP contribution in [0.15, 0.2) is 12.3 Å². The number of halogens is 2. The molecule has 0 aromatic carbocycles. The average Bonchev–Trinajstić information content (AvgIpc) is 3.36. The van der Waals surface area contributed by atoms with Crippen molar-refractivity contribution < 1.29 is 23.5 Å². The van der Waals surface area contributed by atoms with Gasteiger partial charge in [0.15, 0.2) is 5.01 Å². The molecule has 3 rings (SSSR count). The van der Waals surface area contributed by atoms with Crippen LogP contribution < -0.4 is 10.6 Å². The standard InChI is InChI=1S/C24H33F2N5O3S/c1-13-8-7-9-31(13)22(33)17-18(35-21(29-17)20(32)28-12-24(5,6)34)15-11-27-16(30-23(2,3)4)10-14(15)19(25)26/h10-11,13,19,34H,7-9,12H2,1-6H3,(H,27,30)(H,28,32)/t13-/m0/s1. The van der Waals surface area contributed by atoms with Crippen molar-refractivity contribution in [1.82, 2.24) is 20.2 Å². The summed E-state index contributed by atoms with van der Waals surface area (Å²) in [5.74, 6) is -0.713. The Morgan fingerprint density at radius 1 is 1.29 bits per heavy atom. The number of nitrogens with zero attached hydrogens (tertiary/aromatic N) is 3. The zero-order chi connectivity index (χ0) is 26.1. The van der Waals surface area contributed by atoms with Crippen molar-refractivity contribution in [3.63, 3.8) is 0 Å². The zero-order valence-corrected chi connectivity index (χ0v) is 21.7. The van der Waals surface area contributed by atoms with E-state index in [0.29, 0.717) is 6.54 Å². The van der Waals surface area contributed by atoms with E-state index in [4.69, 9.17) is 0 Å². The van der Waals surface area contributed by atoms with Gasteiger partial charge in [0.25, 0.3) is 18.2 Å². The molecule has 11 heteroatoms. The fourth-order valence-corrected chi connectivity index (χ4v) is 4.79. The van der Waals surface area contributed by atoms with E-state index in [0.717, 1.165) is 24.2 Å². The number of anilines is 1. The first kappa shape index (κ1) is 26.9. The molecule has 2 amide bonds. The third-order valence-electron chi connectivity index (χ3n) is 5.44. The highest BCUT2D eigenvalue weighted by Gasteiger charge is 2.33. The van der Waals surface area contributed by atoms with Crippen LogP contribution >= 0.6 is 11.3 Å². The molecule has 0 aliphatic carbocycles. The van der Waals surface area contributed by atoms with Crippen molar-refractivity contribution >= 4 is 29.0 Å². The van der Waals surface area contributed by atoms with Crippen molar-refractivity contribution in [2.24, 2.45) is 0 Å². The number of thiazole rings is 1. The van der Waals surface area contributed by atoms with Crippen LogP contribution in [0.5, 0.6) is 0 Å². The van der Waals surface area contributed by atoms with Gasteiger partial charge in [-0.25, -0.2) is 18.7 Å². The van der Waals surface area contributed by atoms with Crippen molar-refractivity contribution in [2.45, 2.75) is 78.0 Å². The van der Waals surface area contributed by atoms with E-state index in [1.807, 2.05) is 27.7 Å². The van der Waals surface area contributed by atoms with E-state index >= 15 is 0 Å². The molecule has 0 spiro atoms. The van der Waals surface area contributed by atoms with Gasteiger partial charge in [-0.3, -0.25) is 9.59 Å². The van der Waals surface area contributed by atoms with Crippen LogP contribution in [0.2, 0.25) is 0 Å². The second kappa shape index (κ2) is 10.1. The molecule has 0 bridgehead atoms. The van der Waals surface area contributed by atoms with Gasteiger partial charge < -0.3 is 20.6 Å². The molecular formula is C24H33F2N5O3S. The summed E-state index contributed by atoms with van der Waals surface area (Å²) in [6.07, 6.45) is 0.131. The summed E-state index contributed by atoms with van der Waals surface area (Å²) in [5, 5.41) is 15.5. The lowest BCUT2D eigenvalue weighted by Gasteiger charge is -2.23. The summed E-state index contributed by atoms with van der Waals surface area (Å²) in [6, 6.07) is 1.25. The number of aliphatic hydroxyl groups is 1. The fraction of sp³-hybridized carbons (Fsp3) is 0.583. The Morgan fingerprint density at radius 2 is 1.97 bits per heavy atom. The second-order valence-electron chi connectivity index (χ2n) is 10.5. The molecule has 1 saturated heterocycles. The highest BCUT2D eigenvalue weighted by Crippen LogP contribution is 2.39. The van der Waals surface area contributed by atoms with Crippen LogP contribution in [0.3, 0.4) is 0 Å². The molecule has 3 N–H and O–H groups in total. The van der Waals surface area contributed by atoms with E-state index < -0.39 is 29.4 Å². The normalized spacial score (nSPS) is 16.6. The van der Waals surface area contributed by atoms with Gasteiger partial charge in [-0.15, -0.1) is 11.3 Å². The topological polar surface area (TPSA) is 107 Å². The minimum atomic E-state index is -2.84. The molecule has 0 radical (unpaired) electrons. The van der Waals surface area contributed by atoms with Crippen LogP contribution in [0, 0.1) is 0 Å². The summed E-state index contributed by atoms with van der Waals surface area (Å²) in [6.45, 7) is 11.2. The lowest BCUT2D eigenvalue weighted by atomic mass is 10.1. The zero-order valence-electron chi connectivity index (χ0n) is 20.9. The van der Waals surface area contributed by atoms with E-state index in [1.165, 1.54) is 26.1 Å². The summed E-state index contributed by atoms with van der Waals surface area (Å²) in [7, 11) is 0. The number of carbonyl (C=O) groups excluding carboxylic acids is 2. The van der Waals surface area contributed by atoms with E-state index in [9.17, 15) is 23.5 Å². The minimum Gasteiger partial charge on any atom is -0.389 e. The smallest absolute Gasteiger partial charge is 0.280 e. The summed E-state index contributed by atoms with van der Waals surface area (Å²) in [5.41, 5.74) is -1.83. The predicted molar refractivity (Wildman–Crippen MR) is 132 cm³/mol. The molecule has 1 aliphatic rings. The fourth-order valence-electron chi connectivity index (χ4n) is 3.78. The van der Waals surface area contributed by atoms with E-state index in [1.54, 1.807) is 4.90 Å². The Bertz CT molecular complexity index is 1090. The number of amides is 2. The van der Waals surface area contributed by atoms with Gasteiger partial charge in [-0.1, -0.05) is 0 Å². The molecule has 8 nitrogen and oxygen atoms in total. The average molecular weight is 510 g/mol. The van der Waals surface area contributed by atoms with Crippen molar-refractivity contribution in [2.75, 3.05) is 18.4 Å². The molecule has 1 fully saturated rings. The first-order valence-electron chi connectivity index (χ1n) is 11.6. The van der Waals surface area contributed by atoms with Crippen molar-refractivity contribution in [3.05, 3.63) is 28.5 Å². The van der Waals surface area contributed by atoms with Gasteiger partial charge in [0.1, 0.15) is 11.5 Å². The van der Waals surface area contributed by atoms with Gasteiger partial charge in [0.2, 0.25) is 0 Å². The molecule has 1 aliphatic heterocycles. The van der Waals surface area contributed by atoms with Crippen LogP contribution in [0.1, 0.15) is 86.7 Å². The Hall–Kier alpha value is -2.66. The molecule has 3 heterocycles. The number of alkyl halides is 2. The summed E-state index contributed by atoms with van der Waals surface area (Å²) in [4.78, 5) is 36.6. The molecule has 2 aromatic heterocycles. The maximum absolute atomic E-state index is 14.2. The number of likely N-dealkylation sites (tertiary alicyclic amines) is 1. The second-order valence-corrected chi connectivity index (χ2v) is 11.5. The Morgan fingerprint density at radius 3 is 2.51 bits per heavy atom. The lowest BCUT2D eigenvalue weighted by molar-refractivity contribution is 0.0692. The van der Waals surface area contributed by atoms with Gasteiger partial charge in [-0.2, -0.15) is 0 Å². The van der Waals surface area contributed by atoms with Gasteiger partial charge in [-0.05, 0) is 60.5 Å². The first-order valence-corrected chi connectivity index (χ1v) is 12.4. The third-order valence-corrected chi connectivity index (χ3v) is 6.53. The predicted octanol–water partition coefficient (Wildman–Crippen LogP) is 4.48. The Balaban J connectivity index is 2.09. The van der Waals surface area contributed by atoms with Crippen LogP contribution in [0.4, 0.5) is 14.6 Å². The minimum absolute atomic E-state index is 0.0180.